The van der Waals surface area contributed by atoms with Crippen LogP contribution in [0.15, 0.2) is 112 Å². The predicted molar refractivity (Wildman–Crippen MR) is 191 cm³/mol. The number of hydrogen-bond acceptors (Lipinski definition) is 4. The van der Waals surface area contributed by atoms with Crippen LogP contribution in [0.2, 0.25) is 0 Å². The van der Waals surface area contributed by atoms with Gasteiger partial charge in [-0.25, -0.2) is 8.42 Å². The van der Waals surface area contributed by atoms with Crippen molar-refractivity contribution >= 4 is 43.5 Å². The van der Waals surface area contributed by atoms with Crippen molar-refractivity contribution in [1.82, 2.24) is 10.2 Å². The highest BCUT2D eigenvalue weighted by atomic mass is 79.9. The second-order valence-corrected chi connectivity index (χ2v) is 15.1. The van der Waals surface area contributed by atoms with E-state index in [-0.39, 0.29) is 29.8 Å². The lowest BCUT2D eigenvalue weighted by Crippen LogP contribution is -2.55. The molecule has 0 radical (unpaired) electrons. The van der Waals surface area contributed by atoms with Crippen molar-refractivity contribution in [3.63, 3.8) is 0 Å². The molecule has 1 N–H and O–H groups in total. The zero-order chi connectivity index (χ0) is 33.4. The average Bonchev–Trinajstić information content (AvgIpc) is 3.07. The summed E-state index contributed by atoms with van der Waals surface area (Å²) in [6, 6.07) is 30.1. The van der Waals surface area contributed by atoms with Crippen LogP contribution in [0.1, 0.15) is 54.4 Å². The molecule has 4 aromatic rings. The minimum absolute atomic E-state index is 0.0457. The smallest absolute Gasteiger partial charge is 0.264 e. The minimum Gasteiger partial charge on any atom is -0.352 e. The SMILES string of the molecule is Cc1ccc(N(CC(=O)N(Cc2ccc(Br)cc2)C(Cc2ccccc2)C(=O)NC2CCCCC2)S(=O)(=O)c2ccccc2)c(C)c1. The van der Waals surface area contributed by atoms with Crippen molar-refractivity contribution in [2.45, 2.75) is 75.9 Å². The van der Waals surface area contributed by atoms with Crippen LogP contribution in [0.3, 0.4) is 0 Å². The summed E-state index contributed by atoms with van der Waals surface area (Å²) >= 11 is 3.49. The standard InChI is InChI=1S/C38H42BrN3O4S/c1-28-18-23-35(29(2)24-28)42(47(45,46)34-16-10-5-11-17-34)27-37(43)41(26-31-19-21-32(39)22-20-31)36(25-30-12-6-3-7-13-30)38(44)40-33-14-8-4-9-15-33/h3,5-7,10-13,16-24,33,36H,4,8-9,14-15,25-27H2,1-2H3,(H,40,44). The lowest BCUT2D eigenvalue weighted by Gasteiger charge is -2.35. The molecule has 1 saturated carbocycles. The number of hydrogen-bond donors (Lipinski definition) is 1. The quantitative estimate of drug-likeness (QED) is 0.166. The maximum absolute atomic E-state index is 14.7. The van der Waals surface area contributed by atoms with Gasteiger partial charge in [-0.2, -0.15) is 0 Å². The van der Waals surface area contributed by atoms with Crippen LogP contribution in [0, 0.1) is 13.8 Å². The number of rotatable bonds is 12. The van der Waals surface area contributed by atoms with Crippen LogP contribution in [0.5, 0.6) is 0 Å². The first-order chi connectivity index (χ1) is 22.6. The summed E-state index contributed by atoms with van der Waals surface area (Å²) in [5, 5.41) is 3.25. The predicted octanol–water partition coefficient (Wildman–Crippen LogP) is 7.35. The zero-order valence-electron chi connectivity index (χ0n) is 26.9. The zero-order valence-corrected chi connectivity index (χ0v) is 29.3. The summed E-state index contributed by atoms with van der Waals surface area (Å²) in [5.74, 6) is -0.692. The molecule has 0 heterocycles. The van der Waals surface area contributed by atoms with E-state index in [9.17, 15) is 18.0 Å². The average molecular weight is 717 g/mol. The molecule has 1 atom stereocenters. The van der Waals surface area contributed by atoms with Crippen molar-refractivity contribution in [3.8, 4) is 0 Å². The maximum Gasteiger partial charge on any atom is 0.264 e. The summed E-state index contributed by atoms with van der Waals surface area (Å²) < 4.78 is 30.6. The molecule has 2 amide bonds. The number of aryl methyl sites for hydroxylation is 2. The van der Waals surface area contributed by atoms with Crippen molar-refractivity contribution in [2.24, 2.45) is 0 Å². The Bertz CT molecular complexity index is 1760. The third-order valence-corrected chi connectivity index (χ3v) is 11.0. The highest BCUT2D eigenvalue weighted by Gasteiger charge is 2.35. The Hall–Kier alpha value is -3.95. The van der Waals surface area contributed by atoms with Crippen molar-refractivity contribution in [3.05, 3.63) is 130 Å². The summed E-state index contributed by atoms with van der Waals surface area (Å²) in [4.78, 5) is 30.6. The number of carbonyl (C=O) groups excluding carboxylic acids is 2. The fourth-order valence-corrected chi connectivity index (χ4v) is 7.97. The minimum atomic E-state index is -4.14. The largest absolute Gasteiger partial charge is 0.352 e. The number of nitrogens with one attached hydrogen (secondary N) is 1. The lowest BCUT2D eigenvalue weighted by molar-refractivity contribution is -0.140. The van der Waals surface area contributed by atoms with Gasteiger partial charge in [-0.15, -0.1) is 0 Å². The molecule has 7 nitrogen and oxygen atoms in total. The van der Waals surface area contributed by atoms with E-state index in [1.807, 2.05) is 80.6 Å². The van der Waals surface area contributed by atoms with Gasteiger partial charge < -0.3 is 10.2 Å². The Morgan fingerprint density at radius 2 is 1.47 bits per heavy atom. The van der Waals surface area contributed by atoms with E-state index < -0.39 is 28.5 Å². The molecule has 0 bridgehead atoms. The Kier molecular flexibility index (Phi) is 11.5. The number of anilines is 1. The third kappa shape index (κ3) is 8.90. The number of benzene rings is 4. The summed E-state index contributed by atoms with van der Waals surface area (Å²) in [7, 11) is -4.14. The maximum atomic E-state index is 14.7. The van der Waals surface area contributed by atoms with Crippen LogP contribution < -0.4 is 9.62 Å². The summed E-state index contributed by atoms with van der Waals surface area (Å²) in [5.41, 5.74) is 3.87. The Morgan fingerprint density at radius 3 is 2.11 bits per heavy atom. The monoisotopic (exact) mass is 715 g/mol. The molecule has 5 rings (SSSR count). The van der Waals surface area contributed by atoms with Gasteiger partial charge in [-0.3, -0.25) is 13.9 Å². The molecule has 0 saturated heterocycles. The number of nitrogens with zero attached hydrogens (tertiary/aromatic N) is 2. The van der Waals surface area contributed by atoms with E-state index in [0.29, 0.717) is 5.69 Å². The van der Waals surface area contributed by atoms with E-state index in [0.717, 1.165) is 58.8 Å². The van der Waals surface area contributed by atoms with E-state index >= 15 is 0 Å². The highest BCUT2D eigenvalue weighted by molar-refractivity contribution is 9.10. The molecule has 9 heteroatoms. The van der Waals surface area contributed by atoms with Gasteiger partial charge in [-0.1, -0.05) is 114 Å². The number of amides is 2. The van der Waals surface area contributed by atoms with Gasteiger partial charge in [0, 0.05) is 23.5 Å². The molecule has 0 spiro atoms. The van der Waals surface area contributed by atoms with Gasteiger partial charge >= 0.3 is 0 Å². The molecule has 0 aromatic heterocycles. The molecule has 1 aliphatic rings. The number of carbonyl (C=O) groups is 2. The van der Waals surface area contributed by atoms with Gasteiger partial charge in [0.15, 0.2) is 0 Å². The van der Waals surface area contributed by atoms with E-state index in [1.165, 1.54) is 16.4 Å². The van der Waals surface area contributed by atoms with E-state index in [2.05, 4.69) is 21.2 Å². The highest BCUT2D eigenvalue weighted by Crippen LogP contribution is 2.29. The molecule has 1 fully saturated rings. The second-order valence-electron chi connectivity index (χ2n) is 12.3. The van der Waals surface area contributed by atoms with Crippen LogP contribution in [0.4, 0.5) is 5.69 Å². The number of sulfonamides is 1. The van der Waals surface area contributed by atoms with Crippen molar-refractivity contribution in [2.75, 3.05) is 10.8 Å². The topological polar surface area (TPSA) is 86.8 Å². The van der Waals surface area contributed by atoms with Crippen LogP contribution in [-0.4, -0.2) is 43.8 Å². The lowest BCUT2D eigenvalue weighted by atomic mass is 9.94. The Balaban J connectivity index is 1.57. The normalized spacial score (nSPS) is 14.3. The molecule has 47 heavy (non-hydrogen) atoms. The molecule has 1 aliphatic carbocycles. The first kappa shape index (κ1) is 34.4. The van der Waals surface area contributed by atoms with Crippen LogP contribution >= 0.6 is 15.9 Å². The Labute approximate surface area is 287 Å². The first-order valence-corrected chi connectivity index (χ1v) is 18.4. The summed E-state index contributed by atoms with van der Waals surface area (Å²) in [6.07, 6.45) is 5.35. The molecule has 1 unspecified atom stereocenters. The fraction of sp³-hybridized carbons (Fsp3) is 0.316. The van der Waals surface area contributed by atoms with Crippen LogP contribution in [0.25, 0.3) is 0 Å². The van der Waals surface area contributed by atoms with E-state index in [4.69, 9.17) is 0 Å². The Morgan fingerprint density at radius 1 is 0.830 bits per heavy atom. The summed E-state index contributed by atoms with van der Waals surface area (Å²) in [6.45, 7) is 3.44. The van der Waals surface area contributed by atoms with Gasteiger partial charge in [0.2, 0.25) is 11.8 Å². The van der Waals surface area contributed by atoms with Crippen molar-refractivity contribution in [1.29, 1.82) is 0 Å². The molecule has 0 aliphatic heterocycles. The van der Waals surface area contributed by atoms with E-state index in [1.54, 1.807) is 29.2 Å². The molecule has 246 valence electrons. The van der Waals surface area contributed by atoms with Crippen LogP contribution in [-0.2, 0) is 32.6 Å². The van der Waals surface area contributed by atoms with Gasteiger partial charge in [0.05, 0.1) is 10.6 Å². The van der Waals surface area contributed by atoms with Gasteiger partial charge in [-0.05, 0) is 73.7 Å². The van der Waals surface area contributed by atoms with Crippen molar-refractivity contribution < 1.29 is 18.0 Å². The fourth-order valence-electron chi connectivity index (χ4n) is 6.20. The molecule has 4 aromatic carbocycles. The van der Waals surface area contributed by atoms with Gasteiger partial charge in [0.1, 0.15) is 12.6 Å². The second kappa shape index (κ2) is 15.8. The van der Waals surface area contributed by atoms with Gasteiger partial charge in [0.25, 0.3) is 10.0 Å². The number of halogens is 1. The molecular weight excluding hydrogens is 674 g/mol. The third-order valence-electron chi connectivity index (χ3n) is 8.72. The molecular formula is C38H42BrN3O4S. The first-order valence-electron chi connectivity index (χ1n) is 16.1.